The molecule has 1 atom stereocenters. The Balaban J connectivity index is 2.11. The van der Waals surface area contributed by atoms with E-state index >= 15 is 0 Å². The Morgan fingerprint density at radius 3 is 2.39 bits per heavy atom. The number of carbonyl (C=O) groups excluding carboxylic acids is 2. The van der Waals surface area contributed by atoms with Gasteiger partial charge in [-0.05, 0) is 36.3 Å². The summed E-state index contributed by atoms with van der Waals surface area (Å²) < 4.78 is 26.9. The van der Waals surface area contributed by atoms with Gasteiger partial charge in [0.1, 0.15) is 17.7 Å². The van der Waals surface area contributed by atoms with Gasteiger partial charge in [0.05, 0.1) is 0 Å². The summed E-state index contributed by atoms with van der Waals surface area (Å²) in [5.41, 5.74) is 1.11. The van der Waals surface area contributed by atoms with Crippen molar-refractivity contribution in [2.24, 2.45) is 0 Å². The van der Waals surface area contributed by atoms with Crippen LogP contribution in [0, 0.1) is 11.6 Å². The molecule has 0 saturated carbocycles. The third-order valence-electron chi connectivity index (χ3n) is 3.85. The largest absolute Gasteiger partial charge is 0.351 e. The van der Waals surface area contributed by atoms with E-state index < -0.39 is 29.5 Å². The first-order valence-electron chi connectivity index (χ1n) is 8.85. The van der Waals surface area contributed by atoms with Gasteiger partial charge in [-0.15, -0.1) is 0 Å². The summed E-state index contributed by atoms with van der Waals surface area (Å²) in [6.45, 7) is 2.11. The molecule has 0 aliphatic rings. The fourth-order valence-electron chi connectivity index (χ4n) is 2.53. The van der Waals surface area contributed by atoms with Crippen molar-refractivity contribution in [3.05, 3.63) is 89.5 Å². The van der Waals surface area contributed by atoms with Crippen molar-refractivity contribution in [2.75, 3.05) is 6.54 Å². The van der Waals surface area contributed by atoms with Gasteiger partial charge < -0.3 is 10.6 Å². The summed E-state index contributed by atoms with van der Waals surface area (Å²) >= 11 is 0. The van der Waals surface area contributed by atoms with Gasteiger partial charge in [-0.25, -0.2) is 8.78 Å². The second-order valence-electron chi connectivity index (χ2n) is 6.10. The maximum Gasteiger partial charge on any atom is 0.244 e. The topological polar surface area (TPSA) is 58.2 Å². The minimum absolute atomic E-state index is 0.0404. The van der Waals surface area contributed by atoms with Crippen LogP contribution in [0.25, 0.3) is 6.08 Å². The van der Waals surface area contributed by atoms with E-state index in [2.05, 4.69) is 10.6 Å². The Hall–Kier alpha value is -3.28. The molecule has 0 spiro atoms. The molecule has 2 N–H and O–H groups in total. The molecule has 0 aliphatic carbocycles. The fourth-order valence-corrected chi connectivity index (χ4v) is 2.53. The Bertz CT molecular complexity index is 844. The first kappa shape index (κ1) is 21.0. The molecule has 0 bridgehead atoms. The summed E-state index contributed by atoms with van der Waals surface area (Å²) in [7, 11) is 0. The summed E-state index contributed by atoms with van der Waals surface area (Å²) in [5, 5.41) is 5.25. The van der Waals surface area contributed by atoms with Crippen LogP contribution in [-0.4, -0.2) is 24.4 Å². The van der Waals surface area contributed by atoms with Crippen molar-refractivity contribution in [2.45, 2.75) is 19.4 Å². The molecule has 2 aromatic carbocycles. The lowest BCUT2D eigenvalue weighted by molar-refractivity contribution is -0.126. The fraction of sp³-hybridized carbons (Fsp3) is 0.182. The van der Waals surface area contributed by atoms with Crippen LogP contribution in [0.15, 0.2) is 66.8 Å². The zero-order valence-corrected chi connectivity index (χ0v) is 15.5. The molecule has 2 amide bonds. The van der Waals surface area contributed by atoms with Crippen molar-refractivity contribution in [3.63, 3.8) is 0 Å². The third kappa shape index (κ3) is 7.15. The Kier molecular flexibility index (Phi) is 8.09. The second-order valence-corrected chi connectivity index (χ2v) is 6.10. The molecule has 28 heavy (non-hydrogen) atoms. The number of hydrogen-bond acceptors (Lipinski definition) is 2. The predicted octanol–water partition coefficient (Wildman–Crippen LogP) is 3.40. The Morgan fingerprint density at radius 1 is 1.07 bits per heavy atom. The predicted molar refractivity (Wildman–Crippen MR) is 105 cm³/mol. The van der Waals surface area contributed by atoms with Crippen molar-refractivity contribution in [3.8, 4) is 0 Å². The van der Waals surface area contributed by atoms with Crippen LogP contribution < -0.4 is 10.6 Å². The Labute approximate surface area is 163 Å². The van der Waals surface area contributed by atoms with Gasteiger partial charge in [-0.2, -0.15) is 0 Å². The lowest BCUT2D eigenvalue weighted by Gasteiger charge is -2.17. The zero-order chi connectivity index (χ0) is 20.4. The molecule has 0 radical (unpaired) electrons. The lowest BCUT2D eigenvalue weighted by atomic mass is 10.0. The van der Waals surface area contributed by atoms with Crippen molar-refractivity contribution in [1.29, 1.82) is 0 Å². The average molecular weight is 384 g/mol. The van der Waals surface area contributed by atoms with Gasteiger partial charge in [0, 0.05) is 25.1 Å². The number of carbonyl (C=O) groups is 2. The standard InChI is InChI=1S/C22H22F2N2O2/c1-2-3-11-25-22(28)20(14-17-12-18(23)15-19(24)13-17)26-21(27)10-9-16-7-5-4-6-8-16/h2-10,12-13,15,20H,11,14H2,1H3,(H,25,28)(H,26,27)/b3-2+,10-9+/t20-/m0/s1. The molecule has 0 fully saturated rings. The first-order valence-corrected chi connectivity index (χ1v) is 8.85. The lowest BCUT2D eigenvalue weighted by Crippen LogP contribution is -2.47. The minimum atomic E-state index is -0.973. The van der Waals surface area contributed by atoms with Crippen LogP contribution in [0.4, 0.5) is 8.78 Å². The highest BCUT2D eigenvalue weighted by molar-refractivity contribution is 5.95. The van der Waals surface area contributed by atoms with Gasteiger partial charge in [-0.3, -0.25) is 9.59 Å². The maximum atomic E-state index is 13.5. The molecular weight excluding hydrogens is 362 g/mol. The van der Waals surface area contributed by atoms with Crippen LogP contribution in [0.2, 0.25) is 0 Å². The van der Waals surface area contributed by atoms with E-state index in [-0.39, 0.29) is 12.0 Å². The summed E-state index contributed by atoms with van der Waals surface area (Å²) in [6, 6.07) is 11.3. The van der Waals surface area contributed by atoms with Gasteiger partial charge in [0.15, 0.2) is 0 Å². The molecule has 0 heterocycles. The SMILES string of the molecule is C/C=C/CNC(=O)[C@H](Cc1cc(F)cc(F)c1)NC(=O)/C=C/c1ccccc1. The van der Waals surface area contributed by atoms with E-state index in [0.717, 1.165) is 23.8 Å². The molecule has 2 aromatic rings. The van der Waals surface area contributed by atoms with E-state index in [9.17, 15) is 18.4 Å². The molecule has 146 valence electrons. The molecule has 0 aliphatic heterocycles. The highest BCUT2D eigenvalue weighted by Gasteiger charge is 2.20. The number of nitrogens with one attached hydrogen (secondary N) is 2. The van der Waals surface area contributed by atoms with Gasteiger partial charge in [-0.1, -0.05) is 42.5 Å². The van der Waals surface area contributed by atoms with E-state index in [1.807, 2.05) is 37.3 Å². The number of allylic oxidation sites excluding steroid dienone is 1. The third-order valence-corrected chi connectivity index (χ3v) is 3.85. The van der Waals surface area contributed by atoms with E-state index in [4.69, 9.17) is 0 Å². The minimum Gasteiger partial charge on any atom is -0.351 e. The second kappa shape index (κ2) is 10.8. The monoisotopic (exact) mass is 384 g/mol. The summed E-state index contributed by atoms with van der Waals surface area (Å²) in [4.78, 5) is 24.7. The highest BCUT2D eigenvalue weighted by atomic mass is 19.1. The van der Waals surface area contributed by atoms with Gasteiger partial charge >= 0.3 is 0 Å². The van der Waals surface area contributed by atoms with Crippen molar-refractivity contribution >= 4 is 17.9 Å². The van der Waals surface area contributed by atoms with E-state index in [1.165, 1.54) is 6.08 Å². The molecule has 0 saturated heterocycles. The molecule has 6 heteroatoms. The molecule has 2 rings (SSSR count). The first-order chi connectivity index (χ1) is 13.5. The number of hydrogen-bond donors (Lipinski definition) is 2. The van der Waals surface area contributed by atoms with Gasteiger partial charge in [0.2, 0.25) is 11.8 Å². The van der Waals surface area contributed by atoms with Crippen LogP contribution in [0.5, 0.6) is 0 Å². The van der Waals surface area contributed by atoms with E-state index in [1.54, 1.807) is 18.2 Å². The highest BCUT2D eigenvalue weighted by Crippen LogP contribution is 2.11. The summed E-state index contributed by atoms with van der Waals surface area (Å²) in [5.74, 6) is -2.40. The number of halogens is 2. The smallest absolute Gasteiger partial charge is 0.244 e. The average Bonchev–Trinajstić information content (AvgIpc) is 2.66. The van der Waals surface area contributed by atoms with Crippen LogP contribution in [0.1, 0.15) is 18.1 Å². The summed E-state index contributed by atoms with van der Waals surface area (Å²) in [6.07, 6.45) is 6.41. The van der Waals surface area contributed by atoms with Crippen LogP contribution in [-0.2, 0) is 16.0 Å². The molecule has 0 aromatic heterocycles. The maximum absolute atomic E-state index is 13.5. The Morgan fingerprint density at radius 2 is 1.75 bits per heavy atom. The molecule has 0 unspecified atom stereocenters. The number of amides is 2. The van der Waals surface area contributed by atoms with Crippen molar-refractivity contribution < 1.29 is 18.4 Å². The van der Waals surface area contributed by atoms with Crippen molar-refractivity contribution in [1.82, 2.24) is 10.6 Å². The molecular formula is C22H22F2N2O2. The van der Waals surface area contributed by atoms with E-state index in [0.29, 0.717) is 6.54 Å². The number of rotatable bonds is 8. The van der Waals surface area contributed by atoms with Crippen LogP contribution in [0.3, 0.4) is 0 Å². The van der Waals surface area contributed by atoms with Gasteiger partial charge in [0.25, 0.3) is 0 Å². The van der Waals surface area contributed by atoms with Crippen LogP contribution >= 0.6 is 0 Å². The molecule has 4 nitrogen and oxygen atoms in total. The normalized spacial score (nSPS) is 12.2. The number of benzene rings is 2. The quantitative estimate of drug-likeness (QED) is 0.541. The zero-order valence-electron chi connectivity index (χ0n) is 15.5.